The quantitative estimate of drug-likeness (QED) is 0.553. The molecule has 0 radical (unpaired) electrons. The average Bonchev–Trinajstić information content (AvgIpc) is 1.85. The second-order valence-corrected chi connectivity index (χ2v) is 1.85. The average molecular weight is 112 g/mol. The maximum Gasteiger partial charge on any atom is 0.285 e. The number of hydrogen-bond donors (Lipinski definition) is 1. The topological polar surface area (TPSA) is 33.4 Å². The predicted molar refractivity (Wildman–Crippen MR) is 29.8 cm³/mol. The molecule has 1 aromatic heterocycles. The van der Waals surface area contributed by atoms with Crippen molar-refractivity contribution in [1.29, 1.82) is 0 Å². The van der Waals surface area contributed by atoms with E-state index in [-0.39, 0.29) is 5.95 Å². The van der Waals surface area contributed by atoms with Gasteiger partial charge in [-0.3, -0.25) is 0 Å². The molecule has 0 aliphatic heterocycles. The Kier molecular flexibility index (Phi) is 1.01. The molecule has 0 bridgehead atoms. The lowest BCUT2D eigenvalue weighted by atomic mass is 10.3. The third kappa shape index (κ3) is 0.689. The number of aryl methyl sites for hydroxylation is 2. The van der Waals surface area contributed by atoms with Gasteiger partial charge in [0.1, 0.15) is 5.76 Å². The number of hydrogen-bond acceptors (Lipinski definition) is 2. The smallest absolute Gasteiger partial charge is 0.285 e. The van der Waals surface area contributed by atoms with Gasteiger partial charge >= 0.3 is 0 Å². The summed E-state index contributed by atoms with van der Waals surface area (Å²) in [5.74, 6) is 0.780. The predicted octanol–water partition coefficient (Wildman–Crippen LogP) is 1.60. The molecule has 0 saturated carbocycles. The molecule has 0 spiro atoms. The monoisotopic (exact) mass is 112 g/mol. The van der Waals surface area contributed by atoms with Crippen molar-refractivity contribution < 1.29 is 9.52 Å². The minimum atomic E-state index is 0.0301. The fourth-order valence-corrected chi connectivity index (χ4v) is 0.629. The first kappa shape index (κ1) is 5.22. The Labute approximate surface area is 47.7 Å². The van der Waals surface area contributed by atoms with Gasteiger partial charge in [0.05, 0.1) is 0 Å². The van der Waals surface area contributed by atoms with Crippen LogP contribution in [0.25, 0.3) is 0 Å². The van der Waals surface area contributed by atoms with Crippen LogP contribution in [0.15, 0.2) is 10.5 Å². The van der Waals surface area contributed by atoms with E-state index in [9.17, 15) is 0 Å². The van der Waals surface area contributed by atoms with Crippen molar-refractivity contribution in [3.8, 4) is 5.95 Å². The molecule has 2 nitrogen and oxygen atoms in total. The van der Waals surface area contributed by atoms with Gasteiger partial charge in [-0.1, -0.05) is 0 Å². The molecule has 1 aromatic rings. The summed E-state index contributed by atoms with van der Waals surface area (Å²) >= 11 is 0. The molecular formula is C6H8O2. The van der Waals surface area contributed by atoms with Gasteiger partial charge in [0.15, 0.2) is 0 Å². The molecule has 0 atom stereocenters. The number of furan rings is 1. The van der Waals surface area contributed by atoms with E-state index in [0.29, 0.717) is 0 Å². The van der Waals surface area contributed by atoms with E-state index < -0.39 is 0 Å². The SMILES string of the molecule is Cc1cc(C)c(O)o1. The highest BCUT2D eigenvalue weighted by Crippen LogP contribution is 2.18. The molecule has 8 heavy (non-hydrogen) atoms. The molecule has 2 heteroatoms. The molecule has 0 unspecified atom stereocenters. The molecule has 0 aliphatic carbocycles. The maximum absolute atomic E-state index is 8.77. The summed E-state index contributed by atoms with van der Waals surface area (Å²) in [5.41, 5.74) is 0.794. The Hall–Kier alpha value is -0.920. The van der Waals surface area contributed by atoms with Crippen LogP contribution < -0.4 is 0 Å². The summed E-state index contributed by atoms with van der Waals surface area (Å²) in [4.78, 5) is 0. The standard InChI is InChI=1S/C6H8O2/c1-4-3-5(2)8-6(4)7/h3,7H,1-2H3. The Morgan fingerprint density at radius 3 is 2.25 bits per heavy atom. The molecule has 0 saturated heterocycles. The summed E-state index contributed by atoms with van der Waals surface area (Å²) in [6.07, 6.45) is 0. The van der Waals surface area contributed by atoms with Crippen molar-refractivity contribution in [3.63, 3.8) is 0 Å². The van der Waals surface area contributed by atoms with Crippen LogP contribution in [0, 0.1) is 13.8 Å². The van der Waals surface area contributed by atoms with Gasteiger partial charge in [-0.25, -0.2) is 0 Å². The van der Waals surface area contributed by atoms with Gasteiger partial charge in [0.2, 0.25) is 0 Å². The summed E-state index contributed by atoms with van der Waals surface area (Å²) < 4.78 is 4.77. The molecule has 0 fully saturated rings. The molecule has 44 valence electrons. The van der Waals surface area contributed by atoms with E-state index in [2.05, 4.69) is 0 Å². The fourth-order valence-electron chi connectivity index (χ4n) is 0.629. The van der Waals surface area contributed by atoms with Crippen LogP contribution in [0.2, 0.25) is 0 Å². The lowest BCUT2D eigenvalue weighted by molar-refractivity contribution is 0.321. The van der Waals surface area contributed by atoms with E-state index in [1.165, 1.54) is 0 Å². The zero-order valence-corrected chi connectivity index (χ0v) is 4.93. The van der Waals surface area contributed by atoms with Crippen LogP contribution in [0.5, 0.6) is 5.95 Å². The largest absolute Gasteiger partial charge is 0.481 e. The fraction of sp³-hybridized carbons (Fsp3) is 0.333. The first-order chi connectivity index (χ1) is 3.70. The second kappa shape index (κ2) is 1.54. The highest BCUT2D eigenvalue weighted by molar-refractivity contribution is 5.22. The van der Waals surface area contributed by atoms with Gasteiger partial charge in [-0.2, -0.15) is 0 Å². The third-order valence-corrected chi connectivity index (χ3v) is 1.01. The number of aromatic hydroxyl groups is 1. The molecule has 0 aromatic carbocycles. The Balaban J connectivity index is 3.14. The summed E-state index contributed by atoms with van der Waals surface area (Å²) in [6, 6.07) is 1.79. The van der Waals surface area contributed by atoms with Crippen LogP contribution in [0.4, 0.5) is 0 Å². The molecular weight excluding hydrogens is 104 g/mol. The molecule has 1 N–H and O–H groups in total. The van der Waals surface area contributed by atoms with Gasteiger partial charge in [-0.05, 0) is 19.9 Å². The van der Waals surface area contributed by atoms with Crippen LogP contribution in [0.3, 0.4) is 0 Å². The number of rotatable bonds is 0. The van der Waals surface area contributed by atoms with Gasteiger partial charge in [0, 0.05) is 5.56 Å². The van der Waals surface area contributed by atoms with E-state index in [1.807, 2.05) is 0 Å². The zero-order valence-electron chi connectivity index (χ0n) is 4.93. The van der Waals surface area contributed by atoms with Crippen molar-refractivity contribution in [3.05, 3.63) is 17.4 Å². The molecule has 1 heterocycles. The Bertz CT molecular complexity index is 169. The Morgan fingerprint density at radius 1 is 1.50 bits per heavy atom. The van der Waals surface area contributed by atoms with E-state index >= 15 is 0 Å². The second-order valence-electron chi connectivity index (χ2n) is 1.85. The third-order valence-electron chi connectivity index (χ3n) is 1.01. The van der Waals surface area contributed by atoms with Crippen molar-refractivity contribution in [2.24, 2.45) is 0 Å². The highest BCUT2D eigenvalue weighted by Gasteiger charge is 1.98. The van der Waals surface area contributed by atoms with Crippen LogP contribution in [0.1, 0.15) is 11.3 Å². The van der Waals surface area contributed by atoms with Crippen molar-refractivity contribution >= 4 is 0 Å². The molecule has 0 amide bonds. The van der Waals surface area contributed by atoms with Gasteiger partial charge in [0.25, 0.3) is 5.95 Å². The first-order valence-corrected chi connectivity index (χ1v) is 2.46. The molecule has 0 aliphatic rings. The highest BCUT2D eigenvalue weighted by atomic mass is 16.5. The summed E-state index contributed by atoms with van der Waals surface area (Å²) in [5, 5.41) is 8.77. The van der Waals surface area contributed by atoms with E-state index in [4.69, 9.17) is 9.52 Å². The van der Waals surface area contributed by atoms with Gasteiger partial charge < -0.3 is 9.52 Å². The lowest BCUT2D eigenvalue weighted by Crippen LogP contribution is -1.57. The molecule has 1 rings (SSSR count). The summed E-state index contributed by atoms with van der Waals surface area (Å²) in [7, 11) is 0. The summed E-state index contributed by atoms with van der Waals surface area (Å²) in [6.45, 7) is 3.60. The zero-order chi connectivity index (χ0) is 6.15. The van der Waals surface area contributed by atoms with Crippen LogP contribution >= 0.6 is 0 Å². The minimum Gasteiger partial charge on any atom is -0.481 e. The van der Waals surface area contributed by atoms with E-state index in [0.717, 1.165) is 11.3 Å². The van der Waals surface area contributed by atoms with Crippen LogP contribution in [-0.4, -0.2) is 5.11 Å². The van der Waals surface area contributed by atoms with Gasteiger partial charge in [-0.15, -0.1) is 0 Å². The normalized spacial score (nSPS) is 9.75. The first-order valence-electron chi connectivity index (χ1n) is 2.46. The van der Waals surface area contributed by atoms with Crippen LogP contribution in [-0.2, 0) is 0 Å². The van der Waals surface area contributed by atoms with Crippen molar-refractivity contribution in [2.45, 2.75) is 13.8 Å². The van der Waals surface area contributed by atoms with Crippen molar-refractivity contribution in [1.82, 2.24) is 0 Å². The van der Waals surface area contributed by atoms with E-state index in [1.54, 1.807) is 19.9 Å². The van der Waals surface area contributed by atoms with Crippen molar-refractivity contribution in [2.75, 3.05) is 0 Å². The Morgan fingerprint density at radius 2 is 2.12 bits per heavy atom. The lowest BCUT2D eigenvalue weighted by Gasteiger charge is -1.79. The minimum absolute atomic E-state index is 0.0301. The maximum atomic E-state index is 8.77.